The van der Waals surface area contributed by atoms with E-state index in [1.807, 2.05) is 37.3 Å². The zero-order chi connectivity index (χ0) is 14.8. The molecule has 0 radical (unpaired) electrons. The Morgan fingerprint density at radius 2 is 1.75 bits per heavy atom. The van der Waals surface area contributed by atoms with E-state index < -0.39 is 15.1 Å². The Morgan fingerprint density at radius 1 is 1.10 bits per heavy atom. The summed E-state index contributed by atoms with van der Waals surface area (Å²) in [6.45, 7) is 3.77. The first-order chi connectivity index (χ1) is 9.50. The summed E-state index contributed by atoms with van der Waals surface area (Å²) in [6, 6.07) is 13.1. The highest BCUT2D eigenvalue weighted by Gasteiger charge is 2.29. The highest BCUT2D eigenvalue weighted by atomic mass is 32.2. The van der Waals surface area contributed by atoms with Crippen LogP contribution in [-0.4, -0.2) is 26.8 Å². The molecule has 0 spiro atoms. The van der Waals surface area contributed by atoms with Crippen LogP contribution in [0.4, 0.5) is 0 Å². The van der Waals surface area contributed by atoms with E-state index in [-0.39, 0.29) is 6.04 Å². The van der Waals surface area contributed by atoms with Crippen molar-refractivity contribution >= 4 is 20.6 Å². The van der Waals surface area contributed by atoms with Gasteiger partial charge in [0.25, 0.3) is 0 Å². The van der Waals surface area contributed by atoms with Crippen molar-refractivity contribution in [3.05, 3.63) is 42.5 Å². The average molecular weight is 291 g/mol. The summed E-state index contributed by atoms with van der Waals surface area (Å²) in [5, 5.41) is 4.65. The van der Waals surface area contributed by atoms with E-state index in [9.17, 15) is 8.42 Å². The van der Waals surface area contributed by atoms with Crippen LogP contribution in [0.15, 0.2) is 47.4 Å². The summed E-state index contributed by atoms with van der Waals surface area (Å²) in [4.78, 5) is 0.400. The molecule has 0 fully saturated rings. The van der Waals surface area contributed by atoms with Crippen molar-refractivity contribution in [3.63, 3.8) is 0 Å². The third kappa shape index (κ3) is 2.72. The zero-order valence-corrected chi connectivity index (χ0v) is 12.9. The van der Waals surface area contributed by atoms with E-state index in [0.717, 1.165) is 17.2 Å². The molecule has 0 aliphatic heterocycles. The molecule has 0 saturated carbocycles. The fourth-order valence-corrected chi connectivity index (χ4v) is 4.29. The van der Waals surface area contributed by atoms with Crippen molar-refractivity contribution in [2.75, 3.05) is 7.05 Å². The summed E-state index contributed by atoms with van der Waals surface area (Å²) in [7, 11) is -1.51. The smallest absolute Gasteiger partial charge is 0.182 e. The second kappa shape index (κ2) is 5.94. The monoisotopic (exact) mass is 291 g/mol. The largest absolute Gasteiger partial charge is 0.316 e. The first-order valence-corrected chi connectivity index (χ1v) is 8.45. The Labute approximate surface area is 120 Å². The Morgan fingerprint density at radius 3 is 2.35 bits per heavy atom. The van der Waals surface area contributed by atoms with Crippen LogP contribution >= 0.6 is 0 Å². The molecule has 0 amide bonds. The van der Waals surface area contributed by atoms with Crippen molar-refractivity contribution in [1.82, 2.24) is 5.32 Å². The van der Waals surface area contributed by atoms with Crippen molar-refractivity contribution in [1.29, 1.82) is 0 Å². The fraction of sp³-hybridized carbons (Fsp3) is 0.375. The average Bonchev–Trinajstić information content (AvgIpc) is 2.47. The third-order valence-electron chi connectivity index (χ3n) is 3.92. The predicted molar refractivity (Wildman–Crippen MR) is 83.7 cm³/mol. The Balaban J connectivity index is 2.46. The Hall–Kier alpha value is -1.39. The number of fused-ring (bicyclic) bond motifs is 1. The van der Waals surface area contributed by atoms with E-state index in [4.69, 9.17) is 0 Å². The number of sulfone groups is 1. The molecule has 0 aliphatic carbocycles. The van der Waals surface area contributed by atoms with E-state index in [1.54, 1.807) is 26.1 Å². The SMILES string of the molecule is CCC(NC)C(C)S(=O)(=O)c1ccc2ccccc2c1. The molecular formula is C16H21NO2S. The molecule has 0 aliphatic rings. The summed E-state index contributed by atoms with van der Waals surface area (Å²) < 4.78 is 25.4. The van der Waals surface area contributed by atoms with E-state index in [2.05, 4.69) is 5.32 Å². The molecule has 2 rings (SSSR count). The van der Waals surface area contributed by atoms with E-state index >= 15 is 0 Å². The lowest BCUT2D eigenvalue weighted by molar-refractivity contribution is 0.505. The first-order valence-electron chi connectivity index (χ1n) is 6.90. The minimum atomic E-state index is -3.32. The van der Waals surface area contributed by atoms with Crippen molar-refractivity contribution in [3.8, 4) is 0 Å². The number of rotatable bonds is 5. The topological polar surface area (TPSA) is 46.2 Å². The van der Waals surface area contributed by atoms with Crippen molar-refractivity contribution < 1.29 is 8.42 Å². The van der Waals surface area contributed by atoms with Gasteiger partial charge in [-0.25, -0.2) is 8.42 Å². The van der Waals surface area contributed by atoms with Gasteiger partial charge in [0.1, 0.15) is 0 Å². The summed E-state index contributed by atoms with van der Waals surface area (Å²) >= 11 is 0. The second-order valence-electron chi connectivity index (χ2n) is 5.06. The molecule has 0 aromatic heterocycles. The van der Waals surface area contributed by atoms with Gasteiger partial charge in [-0.1, -0.05) is 37.3 Å². The maximum absolute atomic E-state index is 12.7. The molecular weight excluding hydrogens is 270 g/mol. The van der Waals surface area contributed by atoms with Crippen molar-refractivity contribution in [2.45, 2.75) is 36.5 Å². The summed E-state index contributed by atoms with van der Waals surface area (Å²) in [6.07, 6.45) is 0.782. The van der Waals surface area contributed by atoms with Crippen LogP contribution in [0.25, 0.3) is 10.8 Å². The molecule has 2 unspecified atom stereocenters. The molecule has 2 aromatic carbocycles. The van der Waals surface area contributed by atoms with Crippen LogP contribution in [0.5, 0.6) is 0 Å². The maximum Gasteiger partial charge on any atom is 0.182 e. The van der Waals surface area contributed by atoms with Crippen molar-refractivity contribution in [2.24, 2.45) is 0 Å². The lowest BCUT2D eigenvalue weighted by Gasteiger charge is -2.22. The van der Waals surface area contributed by atoms with Crippen LogP contribution in [0.2, 0.25) is 0 Å². The van der Waals surface area contributed by atoms with Gasteiger partial charge in [-0.15, -0.1) is 0 Å². The van der Waals surface area contributed by atoms with Crippen LogP contribution in [0.3, 0.4) is 0 Å². The standard InChI is InChI=1S/C16H21NO2S/c1-4-16(17-3)12(2)20(18,19)15-10-9-13-7-5-6-8-14(13)11-15/h5-12,16-17H,4H2,1-3H3. The normalized spacial score (nSPS) is 15.2. The number of nitrogens with one attached hydrogen (secondary N) is 1. The number of benzene rings is 2. The fourth-order valence-electron chi connectivity index (χ4n) is 2.55. The summed E-state index contributed by atoms with van der Waals surface area (Å²) in [5.74, 6) is 0. The minimum Gasteiger partial charge on any atom is -0.316 e. The first kappa shape index (κ1) is 15.0. The van der Waals surface area contributed by atoms with E-state index in [1.165, 1.54) is 0 Å². The Bertz CT molecular complexity index is 690. The second-order valence-corrected chi connectivity index (χ2v) is 7.37. The number of hydrogen-bond donors (Lipinski definition) is 1. The molecule has 1 N–H and O–H groups in total. The van der Waals surface area contributed by atoms with Crippen LogP contribution in [0.1, 0.15) is 20.3 Å². The molecule has 0 heterocycles. The van der Waals surface area contributed by atoms with Gasteiger partial charge in [-0.2, -0.15) is 0 Å². The molecule has 20 heavy (non-hydrogen) atoms. The highest BCUT2D eigenvalue weighted by Crippen LogP contribution is 2.24. The van der Waals surface area contributed by atoms with Gasteiger partial charge in [-0.3, -0.25) is 0 Å². The molecule has 108 valence electrons. The zero-order valence-electron chi connectivity index (χ0n) is 12.1. The maximum atomic E-state index is 12.7. The molecule has 2 aromatic rings. The molecule has 2 atom stereocenters. The summed E-state index contributed by atoms with van der Waals surface area (Å²) in [5.41, 5.74) is 0. The number of hydrogen-bond acceptors (Lipinski definition) is 3. The highest BCUT2D eigenvalue weighted by molar-refractivity contribution is 7.92. The van der Waals surface area contributed by atoms with Gasteiger partial charge < -0.3 is 5.32 Å². The lowest BCUT2D eigenvalue weighted by atomic mass is 10.1. The van der Waals surface area contributed by atoms with Crippen LogP contribution in [-0.2, 0) is 9.84 Å². The van der Waals surface area contributed by atoms with Gasteiger partial charge >= 0.3 is 0 Å². The van der Waals surface area contributed by atoms with Gasteiger partial charge in [0.15, 0.2) is 9.84 Å². The third-order valence-corrected chi connectivity index (χ3v) is 6.13. The van der Waals surface area contributed by atoms with Gasteiger partial charge in [-0.05, 0) is 43.3 Å². The Kier molecular flexibility index (Phi) is 4.45. The molecule has 4 heteroatoms. The predicted octanol–water partition coefficient (Wildman–Crippen LogP) is 3.00. The van der Waals surface area contributed by atoms with Gasteiger partial charge in [0, 0.05) is 6.04 Å². The minimum absolute atomic E-state index is 0.0357. The van der Waals surface area contributed by atoms with Gasteiger partial charge in [0.2, 0.25) is 0 Å². The van der Waals surface area contributed by atoms with Crippen LogP contribution in [0, 0.1) is 0 Å². The van der Waals surface area contributed by atoms with E-state index in [0.29, 0.717) is 4.90 Å². The van der Waals surface area contributed by atoms with Crippen LogP contribution < -0.4 is 5.32 Å². The molecule has 0 saturated heterocycles. The quantitative estimate of drug-likeness (QED) is 0.921. The lowest BCUT2D eigenvalue weighted by Crippen LogP contribution is -2.40. The van der Waals surface area contributed by atoms with Gasteiger partial charge in [0.05, 0.1) is 10.1 Å². The molecule has 0 bridgehead atoms. The molecule has 3 nitrogen and oxygen atoms in total.